The highest BCUT2D eigenvalue weighted by molar-refractivity contribution is 5.96. The third-order valence-electron chi connectivity index (χ3n) is 7.65. The fourth-order valence-corrected chi connectivity index (χ4v) is 5.56. The van der Waals surface area contributed by atoms with Crippen molar-refractivity contribution < 1.29 is 23.5 Å². The van der Waals surface area contributed by atoms with Crippen molar-refractivity contribution in [2.24, 2.45) is 0 Å². The fourth-order valence-electron chi connectivity index (χ4n) is 5.56. The molecular formula is C28H25FN4O4. The van der Waals surface area contributed by atoms with Gasteiger partial charge < -0.3 is 15.0 Å². The van der Waals surface area contributed by atoms with Gasteiger partial charge in [0, 0.05) is 54.8 Å². The summed E-state index contributed by atoms with van der Waals surface area (Å²) < 4.78 is 21.2. The number of ether oxygens (including phenoxy) is 1. The SMILES string of the molecule is CCNC(=O)c1ccc(-c2ccc(C3(C(=O)N4CCC5(C4)OC(=O)c4cnccc45)CC3)c(F)c2)cn1. The largest absolute Gasteiger partial charge is 0.449 e. The fraction of sp³-hybridized carbons (Fsp3) is 0.321. The van der Waals surface area contributed by atoms with E-state index in [0.717, 1.165) is 5.56 Å². The molecule has 4 heterocycles. The van der Waals surface area contributed by atoms with Crippen LogP contribution in [0.1, 0.15) is 58.2 Å². The van der Waals surface area contributed by atoms with Gasteiger partial charge in [-0.1, -0.05) is 18.2 Å². The number of benzene rings is 1. The molecule has 37 heavy (non-hydrogen) atoms. The zero-order chi connectivity index (χ0) is 25.8. The maximum absolute atomic E-state index is 15.4. The highest BCUT2D eigenvalue weighted by Crippen LogP contribution is 2.52. The van der Waals surface area contributed by atoms with E-state index in [1.165, 1.54) is 18.5 Å². The predicted molar refractivity (Wildman–Crippen MR) is 131 cm³/mol. The second kappa shape index (κ2) is 8.47. The molecule has 9 heteroatoms. The minimum atomic E-state index is -0.905. The van der Waals surface area contributed by atoms with E-state index >= 15 is 4.39 Å². The van der Waals surface area contributed by atoms with Crippen molar-refractivity contribution in [2.45, 2.75) is 37.2 Å². The molecule has 1 unspecified atom stereocenters. The molecule has 1 saturated heterocycles. The van der Waals surface area contributed by atoms with Crippen LogP contribution in [0, 0.1) is 5.82 Å². The Morgan fingerprint density at radius 3 is 2.59 bits per heavy atom. The molecular weight excluding hydrogens is 475 g/mol. The quantitative estimate of drug-likeness (QED) is 0.539. The summed E-state index contributed by atoms with van der Waals surface area (Å²) in [5.74, 6) is -1.27. The van der Waals surface area contributed by atoms with Crippen molar-refractivity contribution in [1.29, 1.82) is 0 Å². The van der Waals surface area contributed by atoms with Gasteiger partial charge >= 0.3 is 5.97 Å². The summed E-state index contributed by atoms with van der Waals surface area (Å²) in [6.07, 6.45) is 6.28. The summed E-state index contributed by atoms with van der Waals surface area (Å²) >= 11 is 0. The molecule has 2 aromatic heterocycles. The summed E-state index contributed by atoms with van der Waals surface area (Å²) in [5, 5.41) is 2.69. The maximum atomic E-state index is 15.4. The van der Waals surface area contributed by atoms with E-state index in [1.54, 1.807) is 41.4 Å². The van der Waals surface area contributed by atoms with Crippen molar-refractivity contribution in [2.75, 3.05) is 19.6 Å². The van der Waals surface area contributed by atoms with Crippen molar-refractivity contribution in [1.82, 2.24) is 20.2 Å². The first-order chi connectivity index (χ1) is 17.9. The Morgan fingerprint density at radius 2 is 1.89 bits per heavy atom. The van der Waals surface area contributed by atoms with Gasteiger partial charge in [0.25, 0.3) is 5.91 Å². The molecule has 188 valence electrons. The predicted octanol–water partition coefficient (Wildman–Crippen LogP) is 3.36. The Bertz CT molecular complexity index is 1440. The Labute approximate surface area is 212 Å². The molecule has 1 saturated carbocycles. The minimum absolute atomic E-state index is 0.137. The molecule has 1 atom stereocenters. The number of carbonyl (C=O) groups is 3. The van der Waals surface area contributed by atoms with Gasteiger partial charge in [0.05, 0.1) is 17.5 Å². The number of hydrogen-bond acceptors (Lipinski definition) is 6. The molecule has 1 aliphatic carbocycles. The lowest BCUT2D eigenvalue weighted by Crippen LogP contribution is -2.40. The molecule has 3 aromatic rings. The van der Waals surface area contributed by atoms with Gasteiger partial charge in [-0.2, -0.15) is 0 Å². The van der Waals surface area contributed by atoms with Gasteiger partial charge in [-0.25, -0.2) is 9.18 Å². The number of fused-ring (bicyclic) bond motifs is 2. The molecule has 1 aromatic carbocycles. The molecule has 1 spiro atoms. The van der Waals surface area contributed by atoms with Crippen molar-refractivity contribution >= 4 is 17.8 Å². The van der Waals surface area contributed by atoms with Gasteiger partial charge in [-0.15, -0.1) is 0 Å². The third kappa shape index (κ3) is 3.68. The van der Waals surface area contributed by atoms with Crippen LogP contribution >= 0.6 is 0 Å². The standard InChI is InChI=1S/C28H25FN4O4/c1-2-31-24(34)23-6-4-18(14-32-23)17-3-5-21(22(29)13-17)27(8-9-27)26(36)33-12-10-28(16-33)20-7-11-30-15-19(20)25(35)37-28/h3-7,11,13-15H,2,8-10,12,16H2,1H3,(H,31,34). The maximum Gasteiger partial charge on any atom is 0.341 e. The molecule has 2 aliphatic heterocycles. The molecule has 6 rings (SSSR count). The van der Waals surface area contributed by atoms with E-state index in [0.29, 0.717) is 60.3 Å². The van der Waals surface area contributed by atoms with Crippen LogP contribution in [0.4, 0.5) is 4.39 Å². The number of aromatic nitrogens is 2. The topological polar surface area (TPSA) is 101 Å². The van der Waals surface area contributed by atoms with Gasteiger partial charge in [-0.05, 0) is 43.5 Å². The smallest absolute Gasteiger partial charge is 0.341 e. The van der Waals surface area contributed by atoms with E-state index in [1.807, 2.05) is 6.92 Å². The Kier molecular flexibility index (Phi) is 5.33. The lowest BCUT2D eigenvalue weighted by atomic mass is 9.91. The second-order valence-electron chi connectivity index (χ2n) is 9.85. The van der Waals surface area contributed by atoms with E-state index in [2.05, 4.69) is 15.3 Å². The van der Waals surface area contributed by atoms with Gasteiger partial charge in [0.1, 0.15) is 11.5 Å². The van der Waals surface area contributed by atoms with Crippen LogP contribution in [0.2, 0.25) is 0 Å². The second-order valence-corrected chi connectivity index (χ2v) is 9.85. The normalized spacial score (nSPS) is 21.0. The number of halogens is 1. The lowest BCUT2D eigenvalue weighted by Gasteiger charge is -2.27. The number of hydrogen-bond donors (Lipinski definition) is 1. The minimum Gasteiger partial charge on any atom is -0.449 e. The number of nitrogens with one attached hydrogen (secondary N) is 1. The average Bonchev–Trinajstić information content (AvgIpc) is 3.53. The molecule has 3 aliphatic rings. The number of esters is 1. The molecule has 0 radical (unpaired) electrons. The molecule has 1 N–H and O–H groups in total. The van der Waals surface area contributed by atoms with Gasteiger partial charge in [0.15, 0.2) is 5.60 Å². The number of rotatable bonds is 5. The lowest BCUT2D eigenvalue weighted by molar-refractivity contribution is -0.134. The monoisotopic (exact) mass is 500 g/mol. The van der Waals surface area contributed by atoms with Gasteiger partial charge in [-0.3, -0.25) is 19.6 Å². The van der Waals surface area contributed by atoms with E-state index in [4.69, 9.17) is 4.74 Å². The Morgan fingerprint density at radius 1 is 1.08 bits per heavy atom. The number of likely N-dealkylation sites (tertiary alicyclic amines) is 1. The Hall–Kier alpha value is -4.14. The summed E-state index contributed by atoms with van der Waals surface area (Å²) in [4.78, 5) is 47.9. The first-order valence-corrected chi connectivity index (χ1v) is 12.4. The first-order valence-electron chi connectivity index (χ1n) is 12.4. The molecule has 2 fully saturated rings. The number of pyridine rings is 2. The highest BCUT2D eigenvalue weighted by Gasteiger charge is 2.58. The van der Waals surface area contributed by atoms with Crippen LogP contribution in [-0.2, 0) is 20.5 Å². The zero-order valence-corrected chi connectivity index (χ0v) is 20.3. The van der Waals surface area contributed by atoms with Crippen molar-refractivity contribution in [3.8, 4) is 11.1 Å². The summed E-state index contributed by atoms with van der Waals surface area (Å²) in [6, 6.07) is 9.98. The van der Waals surface area contributed by atoms with Crippen LogP contribution in [-0.4, -0.2) is 52.3 Å². The third-order valence-corrected chi connectivity index (χ3v) is 7.65. The molecule has 2 amide bonds. The Balaban J connectivity index is 1.22. The van der Waals surface area contributed by atoms with Gasteiger partial charge in [0.2, 0.25) is 5.91 Å². The summed E-state index contributed by atoms with van der Waals surface area (Å²) in [7, 11) is 0. The van der Waals surface area contributed by atoms with Crippen LogP contribution in [0.25, 0.3) is 11.1 Å². The summed E-state index contributed by atoms with van der Waals surface area (Å²) in [5.41, 5.74) is 1.38. The highest BCUT2D eigenvalue weighted by atomic mass is 19.1. The molecule has 0 bridgehead atoms. The first kappa shape index (κ1) is 23.3. The molecule has 8 nitrogen and oxygen atoms in total. The van der Waals surface area contributed by atoms with Crippen molar-refractivity contribution in [3.05, 3.63) is 83.2 Å². The van der Waals surface area contributed by atoms with Crippen molar-refractivity contribution in [3.63, 3.8) is 0 Å². The van der Waals surface area contributed by atoms with E-state index in [9.17, 15) is 14.4 Å². The average molecular weight is 501 g/mol. The van der Waals surface area contributed by atoms with Crippen LogP contribution in [0.15, 0.2) is 55.0 Å². The van der Waals surface area contributed by atoms with E-state index < -0.39 is 22.8 Å². The van der Waals surface area contributed by atoms with Crippen LogP contribution < -0.4 is 5.32 Å². The number of nitrogens with zero attached hydrogens (tertiary/aromatic N) is 3. The number of carbonyl (C=O) groups excluding carboxylic acids is 3. The number of amides is 2. The van der Waals surface area contributed by atoms with E-state index in [-0.39, 0.29) is 18.4 Å². The zero-order valence-electron chi connectivity index (χ0n) is 20.3. The summed E-state index contributed by atoms with van der Waals surface area (Å²) in [6.45, 7) is 3.01. The van der Waals surface area contributed by atoms with Crippen LogP contribution in [0.5, 0.6) is 0 Å². The van der Waals surface area contributed by atoms with Crippen LogP contribution in [0.3, 0.4) is 0 Å².